The highest BCUT2D eigenvalue weighted by atomic mass is 14.2. The van der Waals surface area contributed by atoms with Crippen LogP contribution >= 0.6 is 0 Å². The van der Waals surface area contributed by atoms with Gasteiger partial charge in [-0.1, -0.05) is 89.6 Å². The van der Waals surface area contributed by atoms with Gasteiger partial charge in [-0.3, -0.25) is 0 Å². The first-order chi connectivity index (χ1) is 9.91. The van der Waals surface area contributed by atoms with Crippen LogP contribution in [0.3, 0.4) is 0 Å². The normalized spacial score (nSPS) is 13.2. The fourth-order valence-electron chi connectivity index (χ4n) is 2.77. The van der Waals surface area contributed by atoms with E-state index in [0.717, 1.165) is 0 Å². The standard InChI is InChI=1S/C21H28/c1-6-7-16(2)17-8-10-18(11-9-17)19-12-14-20(15-13-19)21(3,4)5/h8-16H,6-7H2,1-5H3. The summed E-state index contributed by atoms with van der Waals surface area (Å²) < 4.78 is 0. The van der Waals surface area contributed by atoms with Gasteiger partial charge >= 0.3 is 0 Å². The Morgan fingerprint density at radius 2 is 1.29 bits per heavy atom. The number of rotatable bonds is 4. The number of hydrogen-bond acceptors (Lipinski definition) is 0. The van der Waals surface area contributed by atoms with Gasteiger partial charge < -0.3 is 0 Å². The van der Waals surface area contributed by atoms with Gasteiger partial charge in [0.1, 0.15) is 0 Å². The molecule has 2 aromatic carbocycles. The Hall–Kier alpha value is -1.56. The minimum absolute atomic E-state index is 0.220. The van der Waals surface area contributed by atoms with E-state index in [1.807, 2.05) is 0 Å². The maximum absolute atomic E-state index is 2.32. The smallest absolute Gasteiger partial charge is 0.0132 e. The van der Waals surface area contributed by atoms with E-state index in [1.54, 1.807) is 0 Å². The lowest BCUT2D eigenvalue weighted by atomic mass is 9.86. The van der Waals surface area contributed by atoms with E-state index in [-0.39, 0.29) is 5.41 Å². The fraction of sp³-hybridized carbons (Fsp3) is 0.429. The van der Waals surface area contributed by atoms with Gasteiger partial charge in [-0.2, -0.15) is 0 Å². The van der Waals surface area contributed by atoms with Crippen molar-refractivity contribution < 1.29 is 0 Å². The van der Waals surface area contributed by atoms with Crippen molar-refractivity contribution in [1.82, 2.24) is 0 Å². The van der Waals surface area contributed by atoms with Gasteiger partial charge in [-0.25, -0.2) is 0 Å². The zero-order valence-corrected chi connectivity index (χ0v) is 14.1. The first kappa shape index (κ1) is 15.8. The molecule has 0 radical (unpaired) electrons. The van der Waals surface area contributed by atoms with Crippen LogP contribution in [0.25, 0.3) is 11.1 Å². The van der Waals surface area contributed by atoms with Gasteiger partial charge in [0, 0.05) is 0 Å². The Bertz CT molecular complexity index is 552. The van der Waals surface area contributed by atoms with Crippen LogP contribution in [0.2, 0.25) is 0 Å². The summed E-state index contributed by atoms with van der Waals surface area (Å²) in [6.07, 6.45) is 2.51. The Kier molecular flexibility index (Phi) is 4.88. The topological polar surface area (TPSA) is 0 Å². The van der Waals surface area contributed by atoms with Crippen molar-refractivity contribution in [2.75, 3.05) is 0 Å². The van der Waals surface area contributed by atoms with Gasteiger partial charge in [0.05, 0.1) is 0 Å². The van der Waals surface area contributed by atoms with Gasteiger partial charge in [0.25, 0.3) is 0 Å². The van der Waals surface area contributed by atoms with Gasteiger partial charge in [0.15, 0.2) is 0 Å². The van der Waals surface area contributed by atoms with Crippen LogP contribution in [0.4, 0.5) is 0 Å². The van der Waals surface area contributed by atoms with Crippen molar-refractivity contribution >= 4 is 0 Å². The quantitative estimate of drug-likeness (QED) is 0.595. The summed E-state index contributed by atoms with van der Waals surface area (Å²) >= 11 is 0. The molecule has 0 nitrogen and oxygen atoms in total. The molecule has 2 rings (SSSR count). The van der Waals surface area contributed by atoms with E-state index < -0.39 is 0 Å². The lowest BCUT2D eigenvalue weighted by molar-refractivity contribution is 0.590. The molecule has 0 saturated carbocycles. The van der Waals surface area contributed by atoms with Crippen LogP contribution in [0.5, 0.6) is 0 Å². The molecule has 21 heavy (non-hydrogen) atoms. The van der Waals surface area contributed by atoms with Crippen molar-refractivity contribution in [2.45, 2.75) is 58.8 Å². The van der Waals surface area contributed by atoms with E-state index in [0.29, 0.717) is 5.92 Å². The molecule has 2 aromatic rings. The second-order valence-corrected chi connectivity index (χ2v) is 7.14. The van der Waals surface area contributed by atoms with Crippen molar-refractivity contribution in [2.24, 2.45) is 0 Å². The lowest BCUT2D eigenvalue weighted by Crippen LogP contribution is -2.10. The van der Waals surface area contributed by atoms with Gasteiger partial charge in [0.2, 0.25) is 0 Å². The van der Waals surface area contributed by atoms with Crippen LogP contribution in [0.15, 0.2) is 48.5 Å². The molecule has 0 N–H and O–H groups in total. The molecule has 1 unspecified atom stereocenters. The Morgan fingerprint density at radius 1 is 0.810 bits per heavy atom. The molecular formula is C21H28. The Morgan fingerprint density at radius 3 is 1.71 bits per heavy atom. The molecule has 0 aliphatic heterocycles. The second-order valence-electron chi connectivity index (χ2n) is 7.14. The summed E-state index contributed by atoms with van der Waals surface area (Å²) in [5.74, 6) is 0.660. The third-order valence-electron chi connectivity index (χ3n) is 4.29. The van der Waals surface area contributed by atoms with Crippen molar-refractivity contribution in [3.05, 3.63) is 59.7 Å². The molecule has 112 valence electrons. The van der Waals surface area contributed by atoms with Crippen molar-refractivity contribution in [1.29, 1.82) is 0 Å². The number of benzene rings is 2. The number of hydrogen-bond donors (Lipinski definition) is 0. The molecule has 0 aliphatic carbocycles. The third kappa shape index (κ3) is 3.97. The van der Waals surface area contributed by atoms with Crippen LogP contribution in [0.1, 0.15) is 64.5 Å². The minimum atomic E-state index is 0.220. The first-order valence-corrected chi connectivity index (χ1v) is 8.12. The van der Waals surface area contributed by atoms with E-state index in [9.17, 15) is 0 Å². The SMILES string of the molecule is CCCC(C)c1ccc(-c2ccc(C(C)(C)C)cc2)cc1. The van der Waals surface area contributed by atoms with Crippen LogP contribution in [0, 0.1) is 0 Å². The van der Waals surface area contributed by atoms with Crippen LogP contribution in [-0.2, 0) is 5.41 Å². The Balaban J connectivity index is 2.19. The monoisotopic (exact) mass is 280 g/mol. The molecule has 0 heteroatoms. The summed E-state index contributed by atoms with van der Waals surface area (Å²) in [5.41, 5.74) is 5.67. The van der Waals surface area contributed by atoms with Gasteiger partial charge in [-0.15, -0.1) is 0 Å². The molecule has 0 bridgehead atoms. The van der Waals surface area contributed by atoms with Crippen molar-refractivity contribution in [3.8, 4) is 11.1 Å². The summed E-state index contributed by atoms with van der Waals surface area (Å²) in [6.45, 7) is 11.3. The zero-order valence-electron chi connectivity index (χ0n) is 14.1. The van der Waals surface area contributed by atoms with E-state index in [1.165, 1.54) is 35.1 Å². The largest absolute Gasteiger partial charge is 0.0654 e. The maximum atomic E-state index is 2.32. The van der Waals surface area contributed by atoms with E-state index in [4.69, 9.17) is 0 Å². The molecular weight excluding hydrogens is 252 g/mol. The van der Waals surface area contributed by atoms with E-state index >= 15 is 0 Å². The third-order valence-corrected chi connectivity index (χ3v) is 4.29. The summed E-state index contributed by atoms with van der Waals surface area (Å²) in [5, 5.41) is 0. The molecule has 0 fully saturated rings. The zero-order chi connectivity index (χ0) is 15.5. The highest BCUT2D eigenvalue weighted by Gasteiger charge is 2.13. The molecule has 0 saturated heterocycles. The predicted octanol–water partition coefficient (Wildman–Crippen LogP) is 6.55. The summed E-state index contributed by atoms with van der Waals surface area (Å²) in [4.78, 5) is 0. The average Bonchev–Trinajstić information content (AvgIpc) is 2.47. The average molecular weight is 280 g/mol. The molecule has 0 heterocycles. The highest BCUT2D eigenvalue weighted by molar-refractivity contribution is 5.64. The fourth-order valence-corrected chi connectivity index (χ4v) is 2.77. The second kappa shape index (κ2) is 6.47. The van der Waals surface area contributed by atoms with E-state index in [2.05, 4.69) is 83.1 Å². The van der Waals surface area contributed by atoms with Gasteiger partial charge in [-0.05, 0) is 40.0 Å². The molecule has 1 atom stereocenters. The molecule has 0 amide bonds. The summed E-state index contributed by atoms with van der Waals surface area (Å²) in [6, 6.07) is 18.1. The van der Waals surface area contributed by atoms with Crippen LogP contribution < -0.4 is 0 Å². The summed E-state index contributed by atoms with van der Waals surface area (Å²) in [7, 11) is 0. The Labute approximate surface area is 130 Å². The van der Waals surface area contributed by atoms with Crippen LogP contribution in [-0.4, -0.2) is 0 Å². The predicted molar refractivity (Wildman–Crippen MR) is 93.9 cm³/mol. The molecule has 0 aromatic heterocycles. The molecule has 0 aliphatic rings. The lowest BCUT2D eigenvalue weighted by Gasteiger charge is -2.19. The highest BCUT2D eigenvalue weighted by Crippen LogP contribution is 2.28. The molecule has 0 spiro atoms. The first-order valence-electron chi connectivity index (χ1n) is 8.12. The maximum Gasteiger partial charge on any atom is -0.0132 e. The van der Waals surface area contributed by atoms with Crippen molar-refractivity contribution in [3.63, 3.8) is 0 Å². The minimum Gasteiger partial charge on any atom is -0.0654 e.